The van der Waals surface area contributed by atoms with Crippen molar-refractivity contribution in [2.75, 3.05) is 12.8 Å². The number of allylic oxidation sites excluding steroid dienone is 2. The van der Waals surface area contributed by atoms with Crippen LogP contribution in [0, 0.1) is 0 Å². The Morgan fingerprint density at radius 1 is 1.28 bits per heavy atom. The number of carbonyl (C=O) groups excluding carboxylic acids is 1. The van der Waals surface area contributed by atoms with E-state index in [1.54, 1.807) is 25.3 Å². The summed E-state index contributed by atoms with van der Waals surface area (Å²) < 4.78 is 5.25. The van der Waals surface area contributed by atoms with Gasteiger partial charge in [0.2, 0.25) is 0 Å². The van der Waals surface area contributed by atoms with E-state index in [9.17, 15) is 4.79 Å². The lowest BCUT2D eigenvalue weighted by Crippen LogP contribution is -2.07. The monoisotopic (exact) mass is 245 g/mol. The molecule has 2 N–H and O–H groups in total. The van der Waals surface area contributed by atoms with E-state index < -0.39 is 0 Å². The Morgan fingerprint density at radius 3 is 2.89 bits per heavy atom. The molecule has 0 amide bonds. The van der Waals surface area contributed by atoms with Crippen LogP contribution in [0.15, 0.2) is 29.8 Å². The third kappa shape index (κ3) is 2.55. The summed E-state index contributed by atoms with van der Waals surface area (Å²) in [6.45, 7) is 0. The van der Waals surface area contributed by atoms with Crippen LogP contribution in [0.3, 0.4) is 0 Å². The van der Waals surface area contributed by atoms with E-state index in [1.165, 1.54) is 12.8 Å². The van der Waals surface area contributed by atoms with Gasteiger partial charge in [-0.15, -0.1) is 0 Å². The van der Waals surface area contributed by atoms with Gasteiger partial charge in [0.25, 0.3) is 0 Å². The molecular formula is C15H19NO2. The Morgan fingerprint density at radius 2 is 2.11 bits per heavy atom. The maximum Gasteiger partial charge on any atom is 0.192 e. The lowest BCUT2D eigenvalue weighted by molar-refractivity contribution is 0.102. The topological polar surface area (TPSA) is 52.3 Å². The first-order valence-electron chi connectivity index (χ1n) is 6.40. The van der Waals surface area contributed by atoms with Crippen LogP contribution >= 0.6 is 0 Å². The number of nitrogen functional groups attached to an aromatic ring is 1. The number of hydrogen-bond acceptors (Lipinski definition) is 3. The van der Waals surface area contributed by atoms with Crippen molar-refractivity contribution >= 4 is 11.5 Å². The van der Waals surface area contributed by atoms with Gasteiger partial charge in [0.1, 0.15) is 0 Å². The minimum Gasteiger partial charge on any atom is -0.494 e. The van der Waals surface area contributed by atoms with Crippen LogP contribution < -0.4 is 10.5 Å². The fourth-order valence-electron chi connectivity index (χ4n) is 2.36. The van der Waals surface area contributed by atoms with Gasteiger partial charge in [-0.1, -0.05) is 18.6 Å². The molecule has 0 heterocycles. The molecule has 1 aliphatic carbocycles. The molecule has 3 heteroatoms. The molecule has 0 spiro atoms. The quantitative estimate of drug-likeness (QED) is 0.656. The summed E-state index contributed by atoms with van der Waals surface area (Å²) in [6, 6.07) is 5.32. The molecule has 96 valence electrons. The summed E-state index contributed by atoms with van der Waals surface area (Å²) >= 11 is 0. The fraction of sp³-hybridized carbons (Fsp3) is 0.400. The Balaban J connectivity index is 2.33. The third-order valence-corrected chi connectivity index (χ3v) is 3.33. The van der Waals surface area contributed by atoms with Gasteiger partial charge in [-0.2, -0.15) is 0 Å². The highest BCUT2D eigenvalue weighted by Crippen LogP contribution is 2.30. The molecule has 0 aromatic heterocycles. The van der Waals surface area contributed by atoms with Gasteiger partial charge < -0.3 is 10.5 Å². The number of ketones is 1. The molecule has 0 saturated carbocycles. The minimum absolute atomic E-state index is 0.0565. The number of rotatable bonds is 3. The van der Waals surface area contributed by atoms with Crippen molar-refractivity contribution in [2.24, 2.45) is 0 Å². The highest BCUT2D eigenvalue weighted by Gasteiger charge is 2.18. The summed E-state index contributed by atoms with van der Waals surface area (Å²) in [5.41, 5.74) is 7.82. The molecule has 0 radical (unpaired) electrons. The van der Waals surface area contributed by atoms with E-state index in [0.29, 0.717) is 17.0 Å². The van der Waals surface area contributed by atoms with Crippen LogP contribution in [0.4, 0.5) is 5.69 Å². The van der Waals surface area contributed by atoms with Crippen molar-refractivity contribution in [1.82, 2.24) is 0 Å². The Kier molecular flexibility index (Phi) is 4.03. The first-order chi connectivity index (χ1) is 8.74. The fourth-order valence-corrected chi connectivity index (χ4v) is 2.36. The van der Waals surface area contributed by atoms with E-state index in [2.05, 4.69) is 6.08 Å². The lowest BCUT2D eigenvalue weighted by Gasteiger charge is -2.11. The van der Waals surface area contributed by atoms with Gasteiger partial charge in [0.05, 0.1) is 18.4 Å². The van der Waals surface area contributed by atoms with Crippen LogP contribution in [0.25, 0.3) is 0 Å². The average molecular weight is 245 g/mol. The maximum atomic E-state index is 12.5. The first-order valence-corrected chi connectivity index (χ1v) is 6.40. The second-order valence-electron chi connectivity index (χ2n) is 4.59. The maximum absolute atomic E-state index is 12.5. The van der Waals surface area contributed by atoms with E-state index >= 15 is 0 Å². The van der Waals surface area contributed by atoms with Crippen LogP contribution in [-0.2, 0) is 0 Å². The van der Waals surface area contributed by atoms with Gasteiger partial charge in [-0.05, 0) is 43.4 Å². The summed E-state index contributed by atoms with van der Waals surface area (Å²) in [7, 11) is 1.55. The van der Waals surface area contributed by atoms with Gasteiger partial charge in [0, 0.05) is 0 Å². The van der Waals surface area contributed by atoms with Gasteiger partial charge >= 0.3 is 0 Å². The number of methoxy groups -OCH3 is 1. The van der Waals surface area contributed by atoms with Crippen molar-refractivity contribution in [1.29, 1.82) is 0 Å². The van der Waals surface area contributed by atoms with Crippen molar-refractivity contribution in [3.05, 3.63) is 35.4 Å². The number of anilines is 1. The smallest absolute Gasteiger partial charge is 0.192 e. The first kappa shape index (κ1) is 12.7. The Hall–Kier alpha value is -1.77. The summed E-state index contributed by atoms with van der Waals surface area (Å²) in [6.07, 6.45) is 7.37. The standard InChI is InChI=1S/C15H19NO2/c1-18-15-12(9-6-10-13(15)16)14(17)11-7-4-2-3-5-8-11/h6-7,9-10H,2-5,8,16H2,1H3. The molecule has 1 aliphatic rings. The molecule has 0 aliphatic heterocycles. The SMILES string of the molecule is COc1c(N)cccc1C(=O)C1=CCCCCC1. The molecule has 0 unspecified atom stereocenters. The van der Waals surface area contributed by atoms with Crippen molar-refractivity contribution in [3.8, 4) is 5.75 Å². The van der Waals surface area contributed by atoms with E-state index in [-0.39, 0.29) is 5.78 Å². The zero-order valence-corrected chi connectivity index (χ0v) is 10.7. The van der Waals surface area contributed by atoms with Crippen LogP contribution in [0.5, 0.6) is 5.75 Å². The highest BCUT2D eigenvalue weighted by molar-refractivity contribution is 6.11. The van der Waals surface area contributed by atoms with Crippen molar-refractivity contribution in [2.45, 2.75) is 32.1 Å². The number of Topliss-reactive ketones (excluding diaryl/α,β-unsaturated/α-hetero) is 1. The molecule has 0 saturated heterocycles. The van der Waals surface area contributed by atoms with Gasteiger partial charge in [0.15, 0.2) is 11.5 Å². The number of hydrogen-bond donors (Lipinski definition) is 1. The Bertz CT molecular complexity index is 477. The molecule has 18 heavy (non-hydrogen) atoms. The predicted octanol–water partition coefficient (Wildman–Crippen LogP) is 3.35. The van der Waals surface area contributed by atoms with Crippen molar-refractivity contribution < 1.29 is 9.53 Å². The molecule has 1 aromatic rings. The molecule has 0 fully saturated rings. The largest absolute Gasteiger partial charge is 0.494 e. The molecule has 0 atom stereocenters. The second kappa shape index (κ2) is 5.71. The number of ether oxygens (including phenoxy) is 1. The second-order valence-corrected chi connectivity index (χ2v) is 4.59. The lowest BCUT2D eigenvalue weighted by atomic mass is 9.98. The molecule has 2 rings (SSSR count). The molecule has 1 aromatic carbocycles. The molecule has 0 bridgehead atoms. The average Bonchev–Trinajstić information content (AvgIpc) is 2.66. The van der Waals surface area contributed by atoms with Crippen LogP contribution in [-0.4, -0.2) is 12.9 Å². The zero-order valence-electron chi connectivity index (χ0n) is 10.7. The van der Waals surface area contributed by atoms with Gasteiger partial charge in [-0.3, -0.25) is 4.79 Å². The molecule has 3 nitrogen and oxygen atoms in total. The zero-order chi connectivity index (χ0) is 13.0. The predicted molar refractivity (Wildman–Crippen MR) is 72.9 cm³/mol. The number of benzene rings is 1. The van der Waals surface area contributed by atoms with Gasteiger partial charge in [-0.25, -0.2) is 0 Å². The molecular weight excluding hydrogens is 226 g/mol. The van der Waals surface area contributed by atoms with E-state index in [1.807, 2.05) is 0 Å². The van der Waals surface area contributed by atoms with Crippen molar-refractivity contribution in [3.63, 3.8) is 0 Å². The van der Waals surface area contributed by atoms with Crippen LogP contribution in [0.1, 0.15) is 42.5 Å². The summed E-state index contributed by atoms with van der Waals surface area (Å²) in [5, 5.41) is 0. The summed E-state index contributed by atoms with van der Waals surface area (Å²) in [5.74, 6) is 0.550. The summed E-state index contributed by atoms with van der Waals surface area (Å²) in [4.78, 5) is 12.5. The van der Waals surface area contributed by atoms with Crippen LogP contribution in [0.2, 0.25) is 0 Å². The highest BCUT2D eigenvalue weighted by atomic mass is 16.5. The third-order valence-electron chi connectivity index (χ3n) is 3.33. The van der Waals surface area contributed by atoms with E-state index in [0.717, 1.165) is 24.8 Å². The number of carbonyl (C=O) groups is 1. The Labute approximate surface area is 108 Å². The normalized spacial score (nSPS) is 15.7. The number of nitrogens with two attached hydrogens (primary N) is 1. The number of para-hydroxylation sites is 1. The van der Waals surface area contributed by atoms with E-state index in [4.69, 9.17) is 10.5 Å². The minimum atomic E-state index is 0.0565.